The number of fused-ring (bicyclic) bond motifs is 1. The smallest absolute Gasteiger partial charge is 0.310 e. The number of esters is 1. The Morgan fingerprint density at radius 1 is 1.30 bits per heavy atom. The Hall–Kier alpha value is -1.57. The van der Waals surface area contributed by atoms with Crippen molar-refractivity contribution in [2.45, 2.75) is 19.6 Å². The fourth-order valence-corrected chi connectivity index (χ4v) is 2.52. The summed E-state index contributed by atoms with van der Waals surface area (Å²) in [4.78, 5) is 11.7. The van der Waals surface area contributed by atoms with E-state index in [9.17, 15) is 4.79 Å². The lowest BCUT2D eigenvalue weighted by Crippen LogP contribution is -2.22. The molecule has 0 saturated heterocycles. The van der Waals surface area contributed by atoms with Gasteiger partial charge in [-0.3, -0.25) is 4.79 Å². The van der Waals surface area contributed by atoms with Crippen molar-refractivity contribution >= 4 is 32.9 Å². The Morgan fingerprint density at radius 3 is 2.70 bits per heavy atom. The molecule has 23 heavy (non-hydrogen) atoms. The first-order chi connectivity index (χ1) is 11.1. The topological polar surface area (TPSA) is 67.1 Å². The number of carbonyl (C=O) groups is 1. The second kappa shape index (κ2) is 8.33. The molecule has 2 rings (SSSR count). The van der Waals surface area contributed by atoms with Gasteiger partial charge in [0.2, 0.25) is 0 Å². The van der Waals surface area contributed by atoms with E-state index in [1.165, 1.54) is 0 Å². The minimum absolute atomic E-state index is 0.153. The van der Waals surface area contributed by atoms with Gasteiger partial charge in [-0.05, 0) is 35.0 Å². The Labute approximate surface area is 142 Å². The third kappa shape index (κ3) is 4.46. The zero-order valence-electron chi connectivity index (χ0n) is 13.3. The van der Waals surface area contributed by atoms with Crippen molar-refractivity contribution in [3.8, 4) is 5.75 Å². The largest absolute Gasteiger partial charge is 0.487 e. The van der Waals surface area contributed by atoms with Crippen LogP contribution in [0, 0.1) is 0 Å². The van der Waals surface area contributed by atoms with E-state index in [0.29, 0.717) is 17.9 Å². The first-order valence-corrected chi connectivity index (χ1v) is 7.92. The first kappa shape index (κ1) is 17.8. The highest BCUT2D eigenvalue weighted by Crippen LogP contribution is 2.33. The van der Waals surface area contributed by atoms with Crippen molar-refractivity contribution in [3.63, 3.8) is 0 Å². The average Bonchev–Trinajstić information content (AvgIpc) is 2.90. The van der Waals surface area contributed by atoms with Crippen molar-refractivity contribution in [1.82, 2.24) is 0 Å². The van der Waals surface area contributed by atoms with Crippen LogP contribution in [0.5, 0.6) is 5.75 Å². The standard InChI is InChI=1S/C16H19BrO6/c1-4-21-15(18)5-10-8-22-13-7-12(17)14(6-11(10)13)23-9-16(19-2)20-3/h6-8,16H,4-5,9H2,1-3H3. The number of hydrogen-bond acceptors (Lipinski definition) is 6. The first-order valence-electron chi connectivity index (χ1n) is 7.12. The van der Waals surface area contributed by atoms with Crippen LogP contribution in [-0.4, -0.2) is 39.7 Å². The normalized spacial score (nSPS) is 11.2. The van der Waals surface area contributed by atoms with Gasteiger partial charge in [0, 0.05) is 25.2 Å². The van der Waals surface area contributed by atoms with Crippen LogP contribution in [0.3, 0.4) is 0 Å². The molecule has 0 aliphatic rings. The molecule has 0 bridgehead atoms. The molecule has 0 aliphatic heterocycles. The number of rotatable bonds is 8. The number of methoxy groups -OCH3 is 2. The minimum atomic E-state index is -0.457. The molecule has 1 aromatic carbocycles. The number of furan rings is 1. The van der Waals surface area contributed by atoms with Gasteiger partial charge in [0.15, 0.2) is 6.29 Å². The zero-order valence-corrected chi connectivity index (χ0v) is 14.8. The summed E-state index contributed by atoms with van der Waals surface area (Å²) in [5.74, 6) is 0.322. The summed E-state index contributed by atoms with van der Waals surface area (Å²) in [6.07, 6.45) is 1.26. The van der Waals surface area contributed by atoms with E-state index in [1.807, 2.05) is 6.07 Å². The molecule has 0 spiro atoms. The lowest BCUT2D eigenvalue weighted by atomic mass is 10.1. The maximum Gasteiger partial charge on any atom is 0.310 e. The van der Waals surface area contributed by atoms with Crippen molar-refractivity contribution in [2.75, 3.05) is 27.4 Å². The summed E-state index contributed by atoms with van der Waals surface area (Å²) in [5.41, 5.74) is 1.42. The maximum atomic E-state index is 11.7. The quantitative estimate of drug-likeness (QED) is 0.512. The molecule has 0 aliphatic carbocycles. The molecule has 0 N–H and O–H groups in total. The highest BCUT2D eigenvalue weighted by atomic mass is 79.9. The molecule has 1 aromatic heterocycles. The third-order valence-corrected chi connectivity index (χ3v) is 3.87. The van der Waals surface area contributed by atoms with Gasteiger partial charge >= 0.3 is 5.97 Å². The van der Waals surface area contributed by atoms with E-state index in [4.69, 9.17) is 23.4 Å². The molecule has 6 nitrogen and oxygen atoms in total. The van der Waals surface area contributed by atoms with Crippen LogP contribution in [0.15, 0.2) is 27.3 Å². The molecule has 0 fully saturated rings. The van der Waals surface area contributed by atoms with E-state index in [2.05, 4.69) is 15.9 Å². The van der Waals surface area contributed by atoms with Gasteiger partial charge in [0.05, 0.1) is 23.8 Å². The lowest BCUT2D eigenvalue weighted by molar-refractivity contribution is -0.142. The summed E-state index contributed by atoms with van der Waals surface area (Å²) in [6.45, 7) is 2.36. The Morgan fingerprint density at radius 2 is 2.04 bits per heavy atom. The van der Waals surface area contributed by atoms with Crippen LogP contribution in [0.4, 0.5) is 0 Å². The molecule has 0 amide bonds. The van der Waals surface area contributed by atoms with Gasteiger partial charge in [-0.1, -0.05) is 0 Å². The summed E-state index contributed by atoms with van der Waals surface area (Å²) >= 11 is 3.44. The molecule has 2 aromatic rings. The number of carbonyl (C=O) groups excluding carboxylic acids is 1. The van der Waals surface area contributed by atoms with Crippen molar-refractivity contribution in [2.24, 2.45) is 0 Å². The summed E-state index contributed by atoms with van der Waals surface area (Å²) in [7, 11) is 3.09. The van der Waals surface area contributed by atoms with Crippen LogP contribution < -0.4 is 4.74 Å². The van der Waals surface area contributed by atoms with E-state index in [0.717, 1.165) is 15.4 Å². The zero-order chi connectivity index (χ0) is 16.8. The predicted molar refractivity (Wildman–Crippen MR) is 87.6 cm³/mol. The number of benzene rings is 1. The van der Waals surface area contributed by atoms with Crippen LogP contribution in [0.1, 0.15) is 12.5 Å². The fraction of sp³-hybridized carbons (Fsp3) is 0.438. The molecule has 7 heteroatoms. The lowest BCUT2D eigenvalue weighted by Gasteiger charge is -2.15. The SMILES string of the molecule is CCOC(=O)Cc1coc2cc(Br)c(OCC(OC)OC)cc12. The number of ether oxygens (including phenoxy) is 4. The molecule has 0 atom stereocenters. The summed E-state index contributed by atoms with van der Waals surface area (Å²) < 4.78 is 27.1. The third-order valence-electron chi connectivity index (χ3n) is 3.25. The number of hydrogen-bond donors (Lipinski definition) is 0. The van der Waals surface area contributed by atoms with Crippen LogP contribution in [0.25, 0.3) is 11.0 Å². The van der Waals surface area contributed by atoms with Crippen LogP contribution in [0.2, 0.25) is 0 Å². The molecular weight excluding hydrogens is 368 g/mol. The molecule has 1 heterocycles. The van der Waals surface area contributed by atoms with Crippen molar-refractivity contribution in [1.29, 1.82) is 0 Å². The monoisotopic (exact) mass is 386 g/mol. The van der Waals surface area contributed by atoms with E-state index in [1.54, 1.807) is 33.5 Å². The van der Waals surface area contributed by atoms with Gasteiger partial charge in [-0.2, -0.15) is 0 Å². The molecular formula is C16H19BrO6. The minimum Gasteiger partial charge on any atom is -0.487 e. The Balaban J connectivity index is 2.22. The number of halogens is 1. The van der Waals surface area contributed by atoms with Crippen molar-refractivity contribution in [3.05, 3.63) is 28.4 Å². The van der Waals surface area contributed by atoms with Crippen LogP contribution >= 0.6 is 15.9 Å². The van der Waals surface area contributed by atoms with Crippen molar-refractivity contribution < 1.29 is 28.2 Å². The molecule has 126 valence electrons. The second-order valence-electron chi connectivity index (χ2n) is 4.73. The highest BCUT2D eigenvalue weighted by Gasteiger charge is 2.15. The molecule has 0 saturated carbocycles. The van der Waals surface area contributed by atoms with Gasteiger partial charge < -0.3 is 23.4 Å². The summed E-state index contributed by atoms with van der Waals surface area (Å²) in [5, 5.41) is 0.808. The van der Waals surface area contributed by atoms with Gasteiger partial charge in [-0.25, -0.2) is 0 Å². The highest BCUT2D eigenvalue weighted by molar-refractivity contribution is 9.10. The Kier molecular flexibility index (Phi) is 6.44. The molecule has 0 unspecified atom stereocenters. The van der Waals surface area contributed by atoms with Gasteiger partial charge in [0.1, 0.15) is 17.9 Å². The van der Waals surface area contributed by atoms with E-state index in [-0.39, 0.29) is 19.0 Å². The fourth-order valence-electron chi connectivity index (χ4n) is 2.09. The maximum absolute atomic E-state index is 11.7. The second-order valence-corrected chi connectivity index (χ2v) is 5.59. The van der Waals surface area contributed by atoms with Gasteiger partial charge in [0.25, 0.3) is 0 Å². The van der Waals surface area contributed by atoms with Gasteiger partial charge in [-0.15, -0.1) is 0 Å². The van der Waals surface area contributed by atoms with E-state index < -0.39 is 6.29 Å². The van der Waals surface area contributed by atoms with E-state index >= 15 is 0 Å². The predicted octanol–water partition coefficient (Wildman–Crippen LogP) is 3.30. The Bertz CT molecular complexity index is 662. The summed E-state index contributed by atoms with van der Waals surface area (Å²) in [6, 6.07) is 3.62. The van der Waals surface area contributed by atoms with Crippen LogP contribution in [-0.2, 0) is 25.4 Å². The average molecular weight is 387 g/mol. The molecule has 0 radical (unpaired) electrons.